The van der Waals surface area contributed by atoms with Gasteiger partial charge in [0.1, 0.15) is 36.0 Å². The molecule has 0 radical (unpaired) electrons. The third-order valence-corrected chi connectivity index (χ3v) is 6.75. The second-order valence-corrected chi connectivity index (χ2v) is 10.2. The fourth-order valence-corrected chi connectivity index (χ4v) is 4.97. The number of rotatable bonds is 8. The summed E-state index contributed by atoms with van der Waals surface area (Å²) in [5.41, 5.74) is 7.44. The molecule has 12 nitrogen and oxygen atoms in total. The Kier molecular flexibility index (Phi) is 7.38. The summed E-state index contributed by atoms with van der Waals surface area (Å²) < 4.78 is 34.0. The minimum atomic E-state index is -0.759. The van der Waals surface area contributed by atoms with E-state index in [1.165, 1.54) is 24.5 Å². The van der Waals surface area contributed by atoms with Crippen LogP contribution in [-0.4, -0.2) is 81.2 Å². The van der Waals surface area contributed by atoms with Crippen molar-refractivity contribution in [3.05, 3.63) is 41.7 Å². The maximum Gasteiger partial charge on any atom is 0.319 e. The zero-order valence-electron chi connectivity index (χ0n) is 21.2. The molecule has 38 heavy (non-hydrogen) atoms. The molecule has 0 saturated carbocycles. The zero-order valence-corrected chi connectivity index (χ0v) is 22.0. The Hall–Kier alpha value is -3.10. The van der Waals surface area contributed by atoms with Gasteiger partial charge in [-0.05, 0) is 52.1 Å². The molecule has 5 rings (SSSR count). The standard InChI is InChI=1S/C24H30ClFN8O4/c1-24(2)37-18-16(36-22(19(18)38-24)34-12-31-17-20(27)29-11-30-21(17)34)10-33(3)8-4-7-28-23(35)32-13-5-6-15(26)14(25)9-13/h5-6,9,11-12,16,18-19,22H,4,7-8,10H2,1-3H3,(H2,27,29,30)(H2,28,32,35)/t16-,18-,19-,22-/m1/s1. The van der Waals surface area contributed by atoms with Crippen LogP contribution in [0.4, 0.5) is 20.7 Å². The number of hydrogen-bond acceptors (Lipinski definition) is 9. The summed E-state index contributed by atoms with van der Waals surface area (Å²) >= 11 is 5.75. The number of amides is 2. The van der Waals surface area contributed by atoms with Gasteiger partial charge in [-0.15, -0.1) is 0 Å². The third kappa shape index (κ3) is 5.52. The molecule has 0 aliphatic carbocycles. The predicted molar refractivity (Wildman–Crippen MR) is 138 cm³/mol. The first-order chi connectivity index (χ1) is 18.1. The highest BCUT2D eigenvalue weighted by molar-refractivity contribution is 6.31. The van der Waals surface area contributed by atoms with Gasteiger partial charge >= 0.3 is 6.03 Å². The highest BCUT2D eigenvalue weighted by atomic mass is 35.5. The Morgan fingerprint density at radius 1 is 1.26 bits per heavy atom. The number of nitrogens with zero attached hydrogens (tertiary/aromatic N) is 5. The lowest BCUT2D eigenvalue weighted by molar-refractivity contribution is -0.197. The maximum absolute atomic E-state index is 13.3. The lowest BCUT2D eigenvalue weighted by atomic mass is 10.1. The van der Waals surface area contributed by atoms with Crippen molar-refractivity contribution in [3.8, 4) is 0 Å². The van der Waals surface area contributed by atoms with Gasteiger partial charge in [-0.3, -0.25) is 4.57 Å². The van der Waals surface area contributed by atoms with Gasteiger partial charge in [0.15, 0.2) is 23.5 Å². The van der Waals surface area contributed by atoms with Crippen LogP contribution in [0.1, 0.15) is 26.5 Å². The van der Waals surface area contributed by atoms with Crippen molar-refractivity contribution >= 4 is 40.3 Å². The van der Waals surface area contributed by atoms with E-state index < -0.39 is 23.9 Å². The lowest BCUT2D eigenvalue weighted by Crippen LogP contribution is -2.39. The number of carbonyl (C=O) groups excluding carboxylic acids is 1. The Morgan fingerprint density at radius 2 is 2.05 bits per heavy atom. The van der Waals surface area contributed by atoms with Gasteiger partial charge in [-0.2, -0.15) is 0 Å². The topological polar surface area (TPSA) is 142 Å². The van der Waals surface area contributed by atoms with Crippen LogP contribution < -0.4 is 16.4 Å². The van der Waals surface area contributed by atoms with Crippen molar-refractivity contribution in [2.75, 3.05) is 37.7 Å². The second-order valence-electron chi connectivity index (χ2n) is 9.84. The van der Waals surface area contributed by atoms with Crippen molar-refractivity contribution in [1.82, 2.24) is 29.7 Å². The largest absolute Gasteiger partial charge is 0.382 e. The number of ether oxygens (including phenoxy) is 3. The molecule has 2 fully saturated rings. The number of carbonyl (C=O) groups is 1. The number of fused-ring (bicyclic) bond motifs is 2. The average molecular weight is 549 g/mol. The van der Waals surface area contributed by atoms with Crippen molar-refractivity contribution in [2.45, 2.75) is 50.6 Å². The first kappa shape index (κ1) is 26.5. The van der Waals surface area contributed by atoms with Crippen LogP contribution in [0.5, 0.6) is 0 Å². The summed E-state index contributed by atoms with van der Waals surface area (Å²) in [6.07, 6.45) is 2.31. The molecule has 2 amide bonds. The first-order valence-corrected chi connectivity index (χ1v) is 12.6. The van der Waals surface area contributed by atoms with Crippen molar-refractivity contribution in [3.63, 3.8) is 0 Å². The van der Waals surface area contributed by atoms with Crippen LogP contribution >= 0.6 is 11.6 Å². The Labute approximate surface area is 223 Å². The van der Waals surface area contributed by atoms with Gasteiger partial charge in [0, 0.05) is 18.8 Å². The molecule has 14 heteroatoms. The van der Waals surface area contributed by atoms with Crippen molar-refractivity contribution in [2.24, 2.45) is 0 Å². The number of hydrogen-bond donors (Lipinski definition) is 3. The Bertz CT molecular complexity index is 1320. The summed E-state index contributed by atoms with van der Waals surface area (Å²) in [6.45, 7) is 5.49. The lowest BCUT2D eigenvalue weighted by Gasteiger charge is -2.27. The SMILES string of the molecule is CN(CCCNC(=O)Nc1ccc(F)c(Cl)c1)C[C@H]1O[C@@H](n2cnc3c(N)ncnc32)[C@@H]2OC(C)(C)O[C@@H]21. The fourth-order valence-electron chi connectivity index (χ4n) is 4.78. The van der Waals surface area contributed by atoms with Gasteiger partial charge < -0.3 is 35.5 Å². The molecule has 3 aromatic rings. The monoisotopic (exact) mass is 548 g/mol. The summed E-state index contributed by atoms with van der Waals surface area (Å²) in [5.74, 6) is -1.00. The average Bonchev–Trinajstić information content (AvgIpc) is 3.51. The number of anilines is 2. The van der Waals surface area contributed by atoms with Gasteiger partial charge in [0.2, 0.25) is 0 Å². The summed E-state index contributed by atoms with van der Waals surface area (Å²) in [6, 6.07) is 3.61. The Balaban J connectivity index is 1.15. The van der Waals surface area contributed by atoms with Crippen molar-refractivity contribution < 1.29 is 23.4 Å². The number of aromatic nitrogens is 4. The summed E-state index contributed by atoms with van der Waals surface area (Å²) in [5, 5.41) is 5.37. The Morgan fingerprint density at radius 3 is 2.84 bits per heavy atom. The number of halogens is 2. The quantitative estimate of drug-likeness (QED) is 0.362. The predicted octanol–water partition coefficient (Wildman–Crippen LogP) is 2.76. The normalized spacial score (nSPS) is 24.2. The third-order valence-electron chi connectivity index (χ3n) is 6.46. The molecule has 204 valence electrons. The molecule has 4 heterocycles. The van der Waals surface area contributed by atoms with Crippen LogP contribution in [0.25, 0.3) is 11.2 Å². The van der Waals surface area contributed by atoms with Gasteiger partial charge in [0.25, 0.3) is 0 Å². The minimum Gasteiger partial charge on any atom is -0.382 e. The number of nitrogen functional groups attached to an aromatic ring is 1. The number of nitrogens with one attached hydrogen (secondary N) is 2. The summed E-state index contributed by atoms with van der Waals surface area (Å²) in [7, 11) is 1.98. The van der Waals surface area contributed by atoms with E-state index >= 15 is 0 Å². The first-order valence-electron chi connectivity index (χ1n) is 12.2. The van der Waals surface area contributed by atoms with E-state index in [1.807, 2.05) is 25.5 Å². The van der Waals surface area contributed by atoms with E-state index in [0.717, 1.165) is 0 Å². The van der Waals surface area contributed by atoms with Crippen LogP contribution in [-0.2, 0) is 14.2 Å². The summed E-state index contributed by atoms with van der Waals surface area (Å²) in [4.78, 5) is 27.0. The minimum absolute atomic E-state index is 0.0540. The van der Waals surface area contributed by atoms with Crippen LogP contribution in [0.15, 0.2) is 30.9 Å². The van der Waals surface area contributed by atoms with E-state index in [-0.39, 0.29) is 23.3 Å². The fraction of sp³-hybridized carbons (Fsp3) is 0.500. The molecule has 0 unspecified atom stereocenters. The van der Waals surface area contributed by atoms with Crippen LogP contribution in [0.3, 0.4) is 0 Å². The molecule has 2 aliphatic rings. The molecule has 0 spiro atoms. The van der Waals surface area contributed by atoms with E-state index in [0.29, 0.717) is 48.7 Å². The van der Waals surface area contributed by atoms with Gasteiger partial charge in [-0.1, -0.05) is 11.6 Å². The maximum atomic E-state index is 13.3. The molecule has 1 aromatic carbocycles. The molecular weight excluding hydrogens is 519 g/mol. The highest BCUT2D eigenvalue weighted by Gasteiger charge is 2.56. The van der Waals surface area contributed by atoms with Gasteiger partial charge in [-0.25, -0.2) is 24.1 Å². The van der Waals surface area contributed by atoms with E-state index in [9.17, 15) is 9.18 Å². The number of likely N-dealkylation sites (N-methyl/N-ethyl adjacent to an activating group) is 1. The highest BCUT2D eigenvalue weighted by Crippen LogP contribution is 2.44. The zero-order chi connectivity index (χ0) is 27.0. The molecule has 0 bridgehead atoms. The molecular formula is C24H30ClFN8O4. The number of urea groups is 1. The smallest absolute Gasteiger partial charge is 0.319 e. The number of nitrogens with two attached hydrogens (primary N) is 1. The second kappa shape index (κ2) is 10.6. The van der Waals surface area contributed by atoms with Crippen LogP contribution in [0.2, 0.25) is 5.02 Å². The van der Waals surface area contributed by atoms with E-state index in [4.69, 9.17) is 31.5 Å². The molecule has 4 N–H and O–H groups in total. The molecule has 2 aromatic heterocycles. The van der Waals surface area contributed by atoms with E-state index in [1.54, 1.807) is 6.33 Å². The van der Waals surface area contributed by atoms with Gasteiger partial charge in [0.05, 0.1) is 11.3 Å². The number of imidazole rings is 1. The van der Waals surface area contributed by atoms with E-state index in [2.05, 4.69) is 30.5 Å². The van der Waals surface area contributed by atoms with Crippen molar-refractivity contribution in [1.29, 1.82) is 0 Å². The number of benzene rings is 1. The van der Waals surface area contributed by atoms with Crippen LogP contribution in [0, 0.1) is 5.82 Å². The molecule has 2 saturated heterocycles. The molecule has 2 aliphatic heterocycles. The molecule has 4 atom stereocenters.